The Kier molecular flexibility index (Phi) is 4.06. The fourth-order valence-electron chi connectivity index (χ4n) is 1.66. The number of pyridine rings is 1. The number of nitrogens with zero attached hydrogens (tertiary/aromatic N) is 1. The SMILES string of the molecule is CC(=O)Nc1cccc(COC2CCOC2)n1. The minimum atomic E-state index is -0.125. The number of carbonyl (C=O) groups excluding carboxylic acids is 1. The molecule has 0 spiro atoms. The molecule has 0 radical (unpaired) electrons. The lowest BCUT2D eigenvalue weighted by Crippen LogP contribution is -2.13. The molecular formula is C12H16N2O3. The highest BCUT2D eigenvalue weighted by molar-refractivity contribution is 5.87. The van der Waals surface area contributed by atoms with Crippen molar-refractivity contribution in [1.82, 2.24) is 4.98 Å². The van der Waals surface area contributed by atoms with Crippen LogP contribution in [0.25, 0.3) is 0 Å². The minimum absolute atomic E-state index is 0.125. The smallest absolute Gasteiger partial charge is 0.222 e. The molecule has 0 saturated carbocycles. The Morgan fingerprint density at radius 2 is 2.53 bits per heavy atom. The first-order valence-corrected chi connectivity index (χ1v) is 5.67. The first kappa shape index (κ1) is 12.0. The number of hydrogen-bond acceptors (Lipinski definition) is 4. The van der Waals surface area contributed by atoms with Crippen molar-refractivity contribution in [2.45, 2.75) is 26.1 Å². The fourth-order valence-corrected chi connectivity index (χ4v) is 1.66. The quantitative estimate of drug-likeness (QED) is 0.857. The van der Waals surface area contributed by atoms with Gasteiger partial charge in [0.2, 0.25) is 5.91 Å². The van der Waals surface area contributed by atoms with Gasteiger partial charge >= 0.3 is 0 Å². The van der Waals surface area contributed by atoms with Crippen molar-refractivity contribution >= 4 is 11.7 Å². The van der Waals surface area contributed by atoms with Crippen LogP contribution in [-0.2, 0) is 20.9 Å². The number of ether oxygens (including phenoxy) is 2. The van der Waals surface area contributed by atoms with E-state index in [1.807, 2.05) is 12.1 Å². The van der Waals surface area contributed by atoms with Crippen LogP contribution in [0.3, 0.4) is 0 Å². The van der Waals surface area contributed by atoms with Crippen molar-refractivity contribution < 1.29 is 14.3 Å². The third-order valence-electron chi connectivity index (χ3n) is 2.47. The summed E-state index contributed by atoms with van der Waals surface area (Å²) in [6.45, 7) is 3.33. The lowest BCUT2D eigenvalue weighted by atomic mass is 10.3. The van der Waals surface area contributed by atoms with Crippen molar-refractivity contribution in [2.75, 3.05) is 18.5 Å². The maximum absolute atomic E-state index is 10.9. The molecule has 1 saturated heterocycles. The van der Waals surface area contributed by atoms with E-state index in [9.17, 15) is 4.79 Å². The lowest BCUT2D eigenvalue weighted by Gasteiger charge is -2.10. The standard InChI is InChI=1S/C12H16N2O3/c1-9(15)13-12-4-2-3-10(14-12)7-17-11-5-6-16-8-11/h2-4,11H,5-8H2,1H3,(H,13,14,15). The van der Waals surface area contributed by atoms with E-state index in [4.69, 9.17) is 9.47 Å². The number of nitrogens with one attached hydrogen (secondary N) is 1. The van der Waals surface area contributed by atoms with Crippen LogP contribution in [0.1, 0.15) is 19.0 Å². The lowest BCUT2D eigenvalue weighted by molar-refractivity contribution is -0.114. The number of aromatic nitrogens is 1. The molecule has 2 heterocycles. The first-order chi connectivity index (χ1) is 8.24. The summed E-state index contributed by atoms with van der Waals surface area (Å²) in [5.41, 5.74) is 0.808. The number of amides is 1. The van der Waals surface area contributed by atoms with E-state index in [2.05, 4.69) is 10.3 Å². The Morgan fingerprint density at radius 3 is 3.24 bits per heavy atom. The molecule has 0 bridgehead atoms. The summed E-state index contributed by atoms with van der Waals surface area (Å²) >= 11 is 0. The summed E-state index contributed by atoms with van der Waals surface area (Å²) < 4.78 is 10.9. The van der Waals surface area contributed by atoms with Gasteiger partial charge in [-0.3, -0.25) is 4.79 Å². The van der Waals surface area contributed by atoms with Gasteiger partial charge in [-0.05, 0) is 18.6 Å². The average Bonchev–Trinajstić information content (AvgIpc) is 2.79. The van der Waals surface area contributed by atoms with Gasteiger partial charge in [0.25, 0.3) is 0 Å². The summed E-state index contributed by atoms with van der Waals surface area (Å²) in [4.78, 5) is 15.2. The molecule has 1 aromatic rings. The maximum atomic E-state index is 10.9. The van der Waals surface area contributed by atoms with E-state index >= 15 is 0 Å². The van der Waals surface area contributed by atoms with Crippen LogP contribution in [0.4, 0.5) is 5.82 Å². The summed E-state index contributed by atoms with van der Waals surface area (Å²) in [5.74, 6) is 0.432. The van der Waals surface area contributed by atoms with Gasteiger partial charge in [-0.1, -0.05) is 6.07 Å². The molecule has 1 amide bonds. The van der Waals surface area contributed by atoms with Crippen LogP contribution in [-0.4, -0.2) is 30.2 Å². The highest BCUT2D eigenvalue weighted by atomic mass is 16.5. The Bertz CT molecular complexity index is 389. The van der Waals surface area contributed by atoms with Gasteiger partial charge in [-0.25, -0.2) is 4.98 Å². The van der Waals surface area contributed by atoms with E-state index in [1.54, 1.807) is 6.07 Å². The molecule has 92 valence electrons. The van der Waals surface area contributed by atoms with Crippen molar-refractivity contribution in [3.8, 4) is 0 Å². The van der Waals surface area contributed by atoms with Gasteiger partial charge in [0.15, 0.2) is 0 Å². The third-order valence-corrected chi connectivity index (χ3v) is 2.47. The molecule has 1 atom stereocenters. The molecular weight excluding hydrogens is 220 g/mol. The molecule has 0 aromatic carbocycles. The van der Waals surface area contributed by atoms with Crippen molar-refractivity contribution in [3.05, 3.63) is 23.9 Å². The zero-order valence-electron chi connectivity index (χ0n) is 9.81. The van der Waals surface area contributed by atoms with Gasteiger partial charge < -0.3 is 14.8 Å². The number of carbonyl (C=O) groups is 1. The van der Waals surface area contributed by atoms with E-state index < -0.39 is 0 Å². The number of anilines is 1. The normalized spacial score (nSPS) is 19.2. The Labute approximate surface area is 100 Å². The predicted octanol–water partition coefficient (Wildman–Crippen LogP) is 1.35. The second-order valence-corrected chi connectivity index (χ2v) is 3.99. The molecule has 1 N–H and O–H groups in total. The number of rotatable bonds is 4. The monoisotopic (exact) mass is 236 g/mol. The van der Waals surface area contributed by atoms with Crippen LogP contribution >= 0.6 is 0 Å². The second-order valence-electron chi connectivity index (χ2n) is 3.99. The third kappa shape index (κ3) is 3.80. The van der Waals surface area contributed by atoms with Crippen molar-refractivity contribution in [3.63, 3.8) is 0 Å². The molecule has 1 aromatic heterocycles. The van der Waals surface area contributed by atoms with Gasteiger partial charge in [0.1, 0.15) is 5.82 Å². The van der Waals surface area contributed by atoms with Gasteiger partial charge in [-0.15, -0.1) is 0 Å². The molecule has 1 unspecified atom stereocenters. The van der Waals surface area contributed by atoms with E-state index in [-0.39, 0.29) is 12.0 Å². The van der Waals surface area contributed by atoms with Gasteiger partial charge in [-0.2, -0.15) is 0 Å². The van der Waals surface area contributed by atoms with Crippen LogP contribution in [0.2, 0.25) is 0 Å². The maximum Gasteiger partial charge on any atom is 0.222 e. The molecule has 5 heteroatoms. The largest absolute Gasteiger partial charge is 0.379 e. The average molecular weight is 236 g/mol. The summed E-state index contributed by atoms with van der Waals surface area (Å²) in [6, 6.07) is 5.48. The zero-order valence-corrected chi connectivity index (χ0v) is 9.81. The first-order valence-electron chi connectivity index (χ1n) is 5.67. The fraction of sp³-hybridized carbons (Fsp3) is 0.500. The summed E-state index contributed by atoms with van der Waals surface area (Å²) in [5, 5.41) is 2.64. The van der Waals surface area contributed by atoms with Crippen molar-refractivity contribution in [2.24, 2.45) is 0 Å². The molecule has 17 heavy (non-hydrogen) atoms. The topological polar surface area (TPSA) is 60.5 Å². The van der Waals surface area contributed by atoms with Crippen LogP contribution in [0.5, 0.6) is 0 Å². The van der Waals surface area contributed by atoms with E-state index in [0.29, 0.717) is 19.0 Å². The molecule has 0 aliphatic carbocycles. The zero-order chi connectivity index (χ0) is 12.1. The Balaban J connectivity index is 1.88. The summed E-state index contributed by atoms with van der Waals surface area (Å²) in [6.07, 6.45) is 1.10. The molecule has 1 aliphatic rings. The van der Waals surface area contributed by atoms with Gasteiger partial charge in [0.05, 0.1) is 25.0 Å². The van der Waals surface area contributed by atoms with Crippen LogP contribution < -0.4 is 5.32 Å². The van der Waals surface area contributed by atoms with Crippen molar-refractivity contribution in [1.29, 1.82) is 0 Å². The highest BCUT2D eigenvalue weighted by Crippen LogP contribution is 2.12. The minimum Gasteiger partial charge on any atom is -0.379 e. The second kappa shape index (κ2) is 5.75. The number of hydrogen-bond donors (Lipinski definition) is 1. The molecule has 1 fully saturated rings. The molecule has 5 nitrogen and oxygen atoms in total. The Morgan fingerprint density at radius 1 is 1.65 bits per heavy atom. The van der Waals surface area contributed by atoms with Gasteiger partial charge in [0, 0.05) is 13.5 Å². The van der Waals surface area contributed by atoms with Crippen LogP contribution in [0.15, 0.2) is 18.2 Å². The highest BCUT2D eigenvalue weighted by Gasteiger charge is 2.16. The van der Waals surface area contributed by atoms with E-state index in [0.717, 1.165) is 18.7 Å². The summed E-state index contributed by atoms with van der Waals surface area (Å²) in [7, 11) is 0. The molecule has 2 rings (SSSR count). The van der Waals surface area contributed by atoms with Crippen LogP contribution in [0, 0.1) is 0 Å². The van der Waals surface area contributed by atoms with E-state index in [1.165, 1.54) is 6.92 Å². The Hall–Kier alpha value is -1.46. The predicted molar refractivity (Wildman–Crippen MR) is 62.6 cm³/mol. The molecule has 1 aliphatic heterocycles.